The summed E-state index contributed by atoms with van der Waals surface area (Å²) >= 11 is 5.84. The van der Waals surface area contributed by atoms with Gasteiger partial charge < -0.3 is 15.4 Å². The fraction of sp³-hybridized carbons (Fsp3) is 0.600. The summed E-state index contributed by atoms with van der Waals surface area (Å²) in [6, 6.07) is 1.13. The molecule has 0 atom stereocenters. The highest BCUT2D eigenvalue weighted by molar-refractivity contribution is 6.31. The smallest absolute Gasteiger partial charge is 0.417 e. The molecular formula is C20H29ClF3N5O. The number of hydrogen-bond acceptors (Lipinski definition) is 4. The van der Waals surface area contributed by atoms with E-state index in [-0.39, 0.29) is 17.5 Å². The molecule has 2 N–H and O–H groups in total. The van der Waals surface area contributed by atoms with Crippen molar-refractivity contribution in [2.45, 2.75) is 38.9 Å². The second-order valence-electron chi connectivity index (χ2n) is 7.27. The minimum Gasteiger partial charge on any atom is -0.475 e. The zero-order valence-corrected chi connectivity index (χ0v) is 18.1. The van der Waals surface area contributed by atoms with Crippen molar-refractivity contribution < 1.29 is 17.9 Å². The second-order valence-corrected chi connectivity index (χ2v) is 7.68. The fourth-order valence-corrected chi connectivity index (χ4v) is 3.34. The number of rotatable bonds is 8. The van der Waals surface area contributed by atoms with Crippen molar-refractivity contribution in [3.8, 4) is 5.88 Å². The van der Waals surface area contributed by atoms with Crippen LogP contribution in [0.4, 0.5) is 13.2 Å². The predicted octanol–water partition coefficient (Wildman–Crippen LogP) is 3.73. The molecule has 30 heavy (non-hydrogen) atoms. The number of likely N-dealkylation sites (tertiary alicyclic amines) is 1. The Kier molecular flexibility index (Phi) is 9.23. The van der Waals surface area contributed by atoms with Crippen LogP contribution in [0, 0.1) is 0 Å². The molecule has 0 saturated carbocycles. The summed E-state index contributed by atoms with van der Waals surface area (Å²) in [6.07, 6.45) is -1.76. The van der Waals surface area contributed by atoms with Gasteiger partial charge in [0, 0.05) is 38.4 Å². The van der Waals surface area contributed by atoms with Crippen LogP contribution in [0.2, 0.25) is 5.02 Å². The Morgan fingerprint density at radius 2 is 2.10 bits per heavy atom. The van der Waals surface area contributed by atoms with Crippen LogP contribution in [0.3, 0.4) is 0 Å². The highest BCUT2D eigenvalue weighted by Crippen LogP contribution is 2.33. The van der Waals surface area contributed by atoms with E-state index in [9.17, 15) is 13.2 Å². The number of piperidine rings is 1. The van der Waals surface area contributed by atoms with Gasteiger partial charge in [-0.15, -0.1) is 0 Å². The Hall–Kier alpha value is -2.00. The monoisotopic (exact) mass is 447 g/mol. The molecule has 0 bridgehead atoms. The number of guanidine groups is 1. The molecule has 0 amide bonds. The number of halogens is 4. The molecule has 0 unspecified atom stereocenters. The normalized spacial score (nSPS) is 16.4. The number of pyridine rings is 1. The summed E-state index contributed by atoms with van der Waals surface area (Å²) in [4.78, 5) is 10.5. The molecule has 2 rings (SSSR count). The maximum Gasteiger partial charge on any atom is 0.417 e. The molecule has 0 spiro atoms. The lowest BCUT2D eigenvalue weighted by Crippen LogP contribution is -2.49. The summed E-state index contributed by atoms with van der Waals surface area (Å²) in [6.45, 7) is 12.1. The first-order chi connectivity index (χ1) is 14.2. The molecule has 0 aromatic carbocycles. The number of ether oxygens (including phenoxy) is 1. The van der Waals surface area contributed by atoms with Gasteiger partial charge in [0.1, 0.15) is 11.6 Å². The van der Waals surface area contributed by atoms with Gasteiger partial charge in [-0.05, 0) is 32.8 Å². The molecule has 1 aromatic rings. The molecule has 0 radical (unpaired) electrons. The zero-order chi connectivity index (χ0) is 22.1. The summed E-state index contributed by atoms with van der Waals surface area (Å²) in [5, 5.41) is 6.45. The van der Waals surface area contributed by atoms with Crippen LogP contribution in [0.5, 0.6) is 5.88 Å². The van der Waals surface area contributed by atoms with E-state index in [1.54, 1.807) is 0 Å². The van der Waals surface area contributed by atoms with Gasteiger partial charge in [0.25, 0.3) is 0 Å². The first kappa shape index (κ1) is 24.3. The second kappa shape index (κ2) is 11.4. The van der Waals surface area contributed by atoms with Crippen molar-refractivity contribution in [1.29, 1.82) is 0 Å². The summed E-state index contributed by atoms with van der Waals surface area (Å²) in [7, 11) is 0. The highest BCUT2D eigenvalue weighted by Gasteiger charge is 2.31. The van der Waals surface area contributed by atoms with Crippen LogP contribution < -0.4 is 15.4 Å². The van der Waals surface area contributed by atoms with E-state index in [1.165, 1.54) is 5.57 Å². The fourth-order valence-electron chi connectivity index (χ4n) is 3.12. The van der Waals surface area contributed by atoms with Crippen LogP contribution >= 0.6 is 11.6 Å². The molecular weight excluding hydrogens is 419 g/mol. The number of alkyl halides is 3. The van der Waals surface area contributed by atoms with Crippen molar-refractivity contribution in [3.63, 3.8) is 0 Å². The Morgan fingerprint density at radius 1 is 1.40 bits per heavy atom. The number of nitrogens with zero attached hydrogens (tertiary/aromatic N) is 3. The average molecular weight is 448 g/mol. The van der Waals surface area contributed by atoms with Gasteiger partial charge in [-0.25, -0.2) is 9.98 Å². The molecule has 1 saturated heterocycles. The van der Waals surface area contributed by atoms with Crippen LogP contribution in [-0.2, 0) is 6.18 Å². The summed E-state index contributed by atoms with van der Waals surface area (Å²) in [5.74, 6) is 0.647. The largest absolute Gasteiger partial charge is 0.475 e. The highest BCUT2D eigenvalue weighted by atomic mass is 35.5. The quantitative estimate of drug-likeness (QED) is 0.275. The van der Waals surface area contributed by atoms with Crippen LogP contribution in [0.25, 0.3) is 0 Å². The van der Waals surface area contributed by atoms with Crippen LogP contribution in [0.1, 0.15) is 32.3 Å². The van der Waals surface area contributed by atoms with Crippen molar-refractivity contribution in [1.82, 2.24) is 20.5 Å². The van der Waals surface area contributed by atoms with E-state index < -0.39 is 11.7 Å². The van der Waals surface area contributed by atoms with E-state index in [0.29, 0.717) is 31.3 Å². The number of aromatic nitrogens is 1. The molecule has 168 valence electrons. The molecule has 1 aliphatic rings. The molecule has 1 aliphatic heterocycles. The number of hydrogen-bond donors (Lipinski definition) is 2. The third kappa shape index (κ3) is 8.02. The van der Waals surface area contributed by atoms with E-state index in [2.05, 4.69) is 32.1 Å². The topological polar surface area (TPSA) is 61.8 Å². The van der Waals surface area contributed by atoms with Gasteiger partial charge in [-0.1, -0.05) is 23.8 Å². The maximum absolute atomic E-state index is 12.7. The average Bonchev–Trinajstić information content (AvgIpc) is 2.66. The van der Waals surface area contributed by atoms with Gasteiger partial charge in [0.05, 0.1) is 12.1 Å². The molecule has 1 aromatic heterocycles. The number of nitrogens with one attached hydrogen (secondary N) is 2. The molecule has 10 heteroatoms. The standard InChI is InChI=1S/C20H29ClF3N5O/c1-4-25-19(28-16-5-8-29(9-6-16)13-14(2)3)26-7-10-30-18-17(21)11-15(12-27-18)20(22,23)24/h11-12,16H,2,4-10,13H2,1,3H3,(H2,25,26,28). The molecule has 1 fully saturated rings. The van der Waals surface area contributed by atoms with Crippen molar-refractivity contribution in [2.75, 3.05) is 39.3 Å². The van der Waals surface area contributed by atoms with Crippen molar-refractivity contribution >= 4 is 17.6 Å². The van der Waals surface area contributed by atoms with Crippen LogP contribution in [-0.4, -0.2) is 61.2 Å². The lowest BCUT2D eigenvalue weighted by Gasteiger charge is -2.33. The lowest BCUT2D eigenvalue weighted by molar-refractivity contribution is -0.137. The Bertz CT molecular complexity index is 734. The Labute approximate surface area is 180 Å². The molecule has 2 heterocycles. The Balaban J connectivity index is 1.82. The molecule has 6 nitrogen and oxygen atoms in total. The first-order valence-electron chi connectivity index (χ1n) is 9.96. The van der Waals surface area contributed by atoms with E-state index in [4.69, 9.17) is 16.3 Å². The van der Waals surface area contributed by atoms with Gasteiger partial charge in [0.2, 0.25) is 5.88 Å². The van der Waals surface area contributed by atoms with Gasteiger partial charge in [-0.2, -0.15) is 13.2 Å². The van der Waals surface area contributed by atoms with Gasteiger partial charge >= 0.3 is 6.18 Å². The van der Waals surface area contributed by atoms with Crippen LogP contribution in [0.15, 0.2) is 29.4 Å². The SMILES string of the molecule is C=C(C)CN1CCC(NC(=NCCOc2ncc(C(F)(F)F)cc2Cl)NCC)CC1. The van der Waals surface area contributed by atoms with Gasteiger partial charge in [-0.3, -0.25) is 4.90 Å². The maximum atomic E-state index is 12.7. The summed E-state index contributed by atoms with van der Waals surface area (Å²) in [5.41, 5.74) is 0.254. The third-order valence-corrected chi connectivity index (χ3v) is 4.77. The lowest BCUT2D eigenvalue weighted by atomic mass is 10.0. The molecule has 0 aliphatic carbocycles. The minimum absolute atomic E-state index is 0.0392. The van der Waals surface area contributed by atoms with Crippen molar-refractivity contribution in [3.05, 3.63) is 35.0 Å². The minimum atomic E-state index is -4.49. The zero-order valence-electron chi connectivity index (χ0n) is 17.4. The first-order valence-corrected chi connectivity index (χ1v) is 10.3. The van der Waals surface area contributed by atoms with E-state index in [0.717, 1.165) is 38.5 Å². The van der Waals surface area contributed by atoms with E-state index >= 15 is 0 Å². The van der Waals surface area contributed by atoms with Gasteiger partial charge in [0.15, 0.2) is 5.96 Å². The third-order valence-electron chi connectivity index (χ3n) is 4.50. The number of aliphatic imine (C=N–C) groups is 1. The predicted molar refractivity (Wildman–Crippen MR) is 113 cm³/mol. The Morgan fingerprint density at radius 3 is 2.67 bits per heavy atom. The van der Waals surface area contributed by atoms with Crippen molar-refractivity contribution in [2.24, 2.45) is 4.99 Å². The van der Waals surface area contributed by atoms with E-state index in [1.807, 2.05) is 13.8 Å². The summed E-state index contributed by atoms with van der Waals surface area (Å²) < 4.78 is 43.4.